The highest BCUT2D eigenvalue weighted by Gasteiger charge is 2.26. The van der Waals surface area contributed by atoms with Crippen LogP contribution in [-0.4, -0.2) is 29.8 Å². The topological polar surface area (TPSA) is 45.1 Å². The highest BCUT2D eigenvalue weighted by atomic mass is 16.3. The molecule has 1 aromatic heterocycles. The van der Waals surface area contributed by atoms with Crippen LogP contribution in [0.2, 0.25) is 0 Å². The Hall–Kier alpha value is -0.930. The Balaban J connectivity index is 1.67. The molecule has 0 radical (unpaired) electrons. The lowest BCUT2D eigenvalue weighted by Crippen LogP contribution is -2.33. The van der Waals surface area contributed by atoms with Gasteiger partial charge in [0, 0.05) is 25.0 Å². The van der Waals surface area contributed by atoms with Crippen molar-refractivity contribution < 1.29 is 5.11 Å². The summed E-state index contributed by atoms with van der Waals surface area (Å²) in [6.07, 6.45) is 8.03. The number of aromatic nitrogens is 1. The quantitative estimate of drug-likeness (QED) is 0.811. The van der Waals surface area contributed by atoms with Gasteiger partial charge in [-0.3, -0.25) is 4.98 Å². The number of nitrogens with one attached hydrogen (secondary N) is 1. The first-order chi connectivity index (χ1) is 10.1. The first-order valence-corrected chi connectivity index (χ1v) is 8.30. The van der Waals surface area contributed by atoms with E-state index in [4.69, 9.17) is 0 Å². The Morgan fingerprint density at radius 2 is 2.10 bits per heavy atom. The molecule has 1 unspecified atom stereocenters. The van der Waals surface area contributed by atoms with Crippen molar-refractivity contribution in [1.82, 2.24) is 10.3 Å². The minimum absolute atomic E-state index is 0.223. The molecule has 3 heteroatoms. The van der Waals surface area contributed by atoms with E-state index in [1.54, 1.807) is 0 Å². The van der Waals surface area contributed by atoms with E-state index >= 15 is 0 Å². The van der Waals surface area contributed by atoms with Gasteiger partial charge in [0.05, 0.1) is 0 Å². The standard InChI is InChI=1S/C18H30N2O/c1-18(2)8-6-15(7-9-18)12-19-13-16(14-21)11-17-5-3-4-10-20-17/h3-5,10,15-16,19,21H,6-9,11-14H2,1-2H3. The van der Waals surface area contributed by atoms with E-state index in [1.807, 2.05) is 24.4 Å². The third-order valence-electron chi connectivity index (χ3n) is 4.81. The van der Waals surface area contributed by atoms with Gasteiger partial charge in [-0.2, -0.15) is 0 Å². The second kappa shape index (κ2) is 7.90. The zero-order valence-corrected chi connectivity index (χ0v) is 13.5. The summed E-state index contributed by atoms with van der Waals surface area (Å²) in [7, 11) is 0. The van der Waals surface area contributed by atoms with E-state index in [1.165, 1.54) is 25.7 Å². The van der Waals surface area contributed by atoms with Crippen molar-refractivity contribution in [3.8, 4) is 0 Å². The highest BCUT2D eigenvalue weighted by molar-refractivity contribution is 5.04. The van der Waals surface area contributed by atoms with Gasteiger partial charge in [-0.1, -0.05) is 19.9 Å². The summed E-state index contributed by atoms with van der Waals surface area (Å²) in [5, 5.41) is 13.1. The Kier molecular flexibility index (Phi) is 6.19. The molecule has 1 aliphatic rings. The van der Waals surface area contributed by atoms with Crippen LogP contribution in [0.4, 0.5) is 0 Å². The minimum Gasteiger partial charge on any atom is -0.396 e. The molecule has 21 heavy (non-hydrogen) atoms. The van der Waals surface area contributed by atoms with E-state index in [2.05, 4.69) is 24.1 Å². The maximum absolute atomic E-state index is 9.53. The monoisotopic (exact) mass is 290 g/mol. The van der Waals surface area contributed by atoms with Crippen LogP contribution >= 0.6 is 0 Å². The normalized spacial score (nSPS) is 20.3. The largest absolute Gasteiger partial charge is 0.396 e. The molecular weight excluding hydrogens is 260 g/mol. The minimum atomic E-state index is 0.223. The predicted octanol–water partition coefficient (Wildman–Crippen LogP) is 3.04. The van der Waals surface area contributed by atoms with Crippen molar-refractivity contribution in [2.75, 3.05) is 19.7 Å². The van der Waals surface area contributed by atoms with Gasteiger partial charge in [0.15, 0.2) is 0 Å². The predicted molar refractivity (Wildman–Crippen MR) is 87.1 cm³/mol. The van der Waals surface area contributed by atoms with Gasteiger partial charge in [-0.05, 0) is 68.0 Å². The van der Waals surface area contributed by atoms with Crippen LogP contribution in [0.5, 0.6) is 0 Å². The molecule has 1 atom stereocenters. The molecule has 118 valence electrons. The number of hydrogen-bond donors (Lipinski definition) is 2. The number of hydrogen-bond acceptors (Lipinski definition) is 3. The summed E-state index contributed by atoms with van der Waals surface area (Å²) in [6.45, 7) is 6.96. The second-order valence-electron chi connectivity index (χ2n) is 7.34. The fourth-order valence-electron chi connectivity index (χ4n) is 3.17. The molecule has 1 aromatic rings. The summed E-state index contributed by atoms with van der Waals surface area (Å²) in [4.78, 5) is 4.34. The van der Waals surface area contributed by atoms with Gasteiger partial charge in [0.2, 0.25) is 0 Å². The van der Waals surface area contributed by atoms with Crippen molar-refractivity contribution in [1.29, 1.82) is 0 Å². The molecule has 0 bridgehead atoms. The average molecular weight is 290 g/mol. The van der Waals surface area contributed by atoms with Crippen molar-refractivity contribution in [3.63, 3.8) is 0 Å². The molecule has 3 nitrogen and oxygen atoms in total. The Morgan fingerprint density at radius 1 is 1.33 bits per heavy atom. The Labute approximate surface area is 129 Å². The highest BCUT2D eigenvalue weighted by Crippen LogP contribution is 2.37. The van der Waals surface area contributed by atoms with Gasteiger partial charge in [-0.15, -0.1) is 0 Å². The fraction of sp³-hybridized carbons (Fsp3) is 0.722. The summed E-state index contributed by atoms with van der Waals surface area (Å²) in [5.41, 5.74) is 1.61. The maximum Gasteiger partial charge on any atom is 0.0475 e. The summed E-state index contributed by atoms with van der Waals surface area (Å²) in [6, 6.07) is 5.97. The van der Waals surface area contributed by atoms with E-state index in [9.17, 15) is 5.11 Å². The lowest BCUT2D eigenvalue weighted by molar-refractivity contribution is 0.182. The van der Waals surface area contributed by atoms with Crippen molar-refractivity contribution >= 4 is 0 Å². The zero-order valence-electron chi connectivity index (χ0n) is 13.5. The molecular formula is C18H30N2O. The van der Waals surface area contributed by atoms with Crippen LogP contribution < -0.4 is 5.32 Å². The van der Waals surface area contributed by atoms with Crippen molar-refractivity contribution in [2.45, 2.75) is 46.0 Å². The van der Waals surface area contributed by atoms with Gasteiger partial charge < -0.3 is 10.4 Å². The molecule has 0 aromatic carbocycles. The van der Waals surface area contributed by atoms with Crippen molar-refractivity contribution in [2.24, 2.45) is 17.3 Å². The molecule has 2 rings (SSSR count). The maximum atomic E-state index is 9.53. The molecule has 1 saturated carbocycles. The zero-order chi connectivity index (χ0) is 15.1. The van der Waals surface area contributed by atoms with Crippen LogP contribution in [0.3, 0.4) is 0 Å². The first-order valence-electron chi connectivity index (χ1n) is 8.30. The molecule has 2 N–H and O–H groups in total. The van der Waals surface area contributed by atoms with Gasteiger partial charge >= 0.3 is 0 Å². The number of aliphatic hydroxyl groups excluding tert-OH is 1. The molecule has 1 aliphatic carbocycles. The number of pyridine rings is 1. The molecule has 1 fully saturated rings. The first kappa shape index (κ1) is 16.4. The van der Waals surface area contributed by atoms with Crippen LogP contribution in [0.15, 0.2) is 24.4 Å². The van der Waals surface area contributed by atoms with E-state index in [0.29, 0.717) is 5.41 Å². The van der Waals surface area contributed by atoms with Gasteiger partial charge in [0.1, 0.15) is 0 Å². The number of rotatable bonds is 7. The smallest absolute Gasteiger partial charge is 0.0475 e. The molecule has 0 spiro atoms. The van der Waals surface area contributed by atoms with Crippen LogP contribution in [0.1, 0.15) is 45.2 Å². The molecule has 0 saturated heterocycles. The molecule has 0 amide bonds. The van der Waals surface area contributed by atoms with Gasteiger partial charge in [0.25, 0.3) is 0 Å². The fourth-order valence-corrected chi connectivity index (χ4v) is 3.17. The molecule has 1 heterocycles. The van der Waals surface area contributed by atoms with Crippen LogP contribution in [-0.2, 0) is 6.42 Å². The Bertz CT molecular complexity index is 395. The van der Waals surface area contributed by atoms with Crippen LogP contribution in [0, 0.1) is 17.3 Å². The summed E-state index contributed by atoms with van der Waals surface area (Å²) >= 11 is 0. The van der Waals surface area contributed by atoms with Gasteiger partial charge in [-0.25, -0.2) is 0 Å². The lowest BCUT2D eigenvalue weighted by atomic mass is 9.73. The Morgan fingerprint density at radius 3 is 2.71 bits per heavy atom. The average Bonchev–Trinajstić information content (AvgIpc) is 2.49. The third-order valence-corrected chi connectivity index (χ3v) is 4.81. The summed E-state index contributed by atoms with van der Waals surface area (Å²) < 4.78 is 0. The SMILES string of the molecule is CC1(C)CCC(CNCC(CO)Cc2ccccn2)CC1. The van der Waals surface area contributed by atoms with Crippen LogP contribution in [0.25, 0.3) is 0 Å². The van der Waals surface area contributed by atoms with E-state index < -0.39 is 0 Å². The number of nitrogens with zero attached hydrogens (tertiary/aromatic N) is 1. The van der Waals surface area contributed by atoms with Crippen molar-refractivity contribution in [3.05, 3.63) is 30.1 Å². The lowest BCUT2D eigenvalue weighted by Gasteiger charge is -2.34. The second-order valence-corrected chi connectivity index (χ2v) is 7.34. The number of aliphatic hydroxyl groups is 1. The molecule has 0 aliphatic heterocycles. The summed E-state index contributed by atoms with van der Waals surface area (Å²) in [5.74, 6) is 1.08. The van der Waals surface area contributed by atoms with E-state index in [-0.39, 0.29) is 12.5 Å². The van der Waals surface area contributed by atoms with E-state index in [0.717, 1.165) is 31.1 Å². The third kappa shape index (κ3) is 5.76.